The van der Waals surface area contributed by atoms with E-state index >= 15 is 0 Å². The van der Waals surface area contributed by atoms with Gasteiger partial charge >= 0.3 is 0 Å². The number of nitrogens with zero attached hydrogens (tertiary/aromatic N) is 2. The molecule has 0 radical (unpaired) electrons. The molecular formula is C24H25N3O2. The van der Waals surface area contributed by atoms with E-state index in [9.17, 15) is 9.59 Å². The lowest BCUT2D eigenvalue weighted by Gasteiger charge is -2.37. The number of carbonyl (C=O) groups is 2. The summed E-state index contributed by atoms with van der Waals surface area (Å²) in [7, 11) is 0. The van der Waals surface area contributed by atoms with Gasteiger partial charge in [-0.2, -0.15) is 0 Å². The summed E-state index contributed by atoms with van der Waals surface area (Å²) in [5.74, 6) is -0.00898. The molecular weight excluding hydrogens is 362 g/mol. The van der Waals surface area contributed by atoms with Crippen molar-refractivity contribution in [2.75, 3.05) is 5.32 Å². The number of aliphatic imine (C=N–C) groups is 1. The van der Waals surface area contributed by atoms with Crippen molar-refractivity contribution in [2.45, 2.75) is 39.5 Å². The number of hydrogen-bond donors (Lipinski definition) is 1. The number of carbonyl (C=O) groups excluding carboxylic acids is 2. The highest BCUT2D eigenvalue weighted by Gasteiger charge is 2.44. The fourth-order valence-electron chi connectivity index (χ4n) is 4.43. The number of fused-ring (bicyclic) bond motifs is 1. The van der Waals surface area contributed by atoms with Gasteiger partial charge in [-0.3, -0.25) is 14.6 Å². The fourth-order valence-corrected chi connectivity index (χ4v) is 4.43. The Labute approximate surface area is 171 Å². The Morgan fingerprint density at radius 3 is 2.48 bits per heavy atom. The largest absolute Gasteiger partial charge is 0.307 e. The summed E-state index contributed by atoms with van der Waals surface area (Å²) in [5.41, 5.74) is 4.25. The van der Waals surface area contributed by atoms with Crippen LogP contribution in [0.2, 0.25) is 0 Å². The Morgan fingerprint density at radius 1 is 1.03 bits per heavy atom. The standard InChI is InChI=1S/C24H25N3O2/c1-14-7-9-17(10-8-14)22-21(24(29)27-20-6-4-5-11-25-20)16(3)26-18-12-15(2)13-19(28)23(18)22/h4-11,15,22-23H,12-13H2,1-3H3,(H,25,27,29)/t15-,22-,23?/m1/s1. The maximum atomic E-state index is 13.3. The van der Waals surface area contributed by atoms with Crippen LogP contribution in [0, 0.1) is 18.8 Å². The molecule has 1 unspecified atom stereocenters. The minimum atomic E-state index is -0.373. The molecule has 1 fully saturated rings. The van der Waals surface area contributed by atoms with Crippen LogP contribution in [0.15, 0.2) is 64.9 Å². The summed E-state index contributed by atoms with van der Waals surface area (Å²) < 4.78 is 0. The van der Waals surface area contributed by atoms with Gasteiger partial charge in [-0.15, -0.1) is 0 Å². The number of amides is 1. The lowest BCUT2D eigenvalue weighted by atomic mass is 9.67. The lowest BCUT2D eigenvalue weighted by molar-refractivity contribution is -0.123. The molecule has 2 aromatic rings. The second kappa shape index (κ2) is 7.74. The number of aromatic nitrogens is 1. The number of anilines is 1. The van der Waals surface area contributed by atoms with Crippen molar-refractivity contribution >= 4 is 23.2 Å². The number of nitrogens with one attached hydrogen (secondary N) is 1. The van der Waals surface area contributed by atoms with E-state index in [1.54, 1.807) is 18.3 Å². The summed E-state index contributed by atoms with van der Waals surface area (Å²) >= 11 is 0. The van der Waals surface area contributed by atoms with E-state index in [1.807, 2.05) is 44.2 Å². The molecule has 1 saturated carbocycles. The van der Waals surface area contributed by atoms with Crippen LogP contribution in [-0.4, -0.2) is 22.4 Å². The SMILES string of the molecule is CC1=C(C(=O)Nc2ccccn2)[C@@H](c2ccc(C)cc2)C2C(=O)C[C@H](C)CC2=N1. The number of ketones is 1. The number of hydrogen-bond acceptors (Lipinski definition) is 4. The van der Waals surface area contributed by atoms with Gasteiger partial charge in [-0.1, -0.05) is 42.8 Å². The molecule has 1 N–H and O–H groups in total. The smallest absolute Gasteiger partial charge is 0.255 e. The third-order valence-electron chi connectivity index (χ3n) is 5.75. The molecule has 0 spiro atoms. The number of Topliss-reactive ketones (excluding diaryl/α,β-unsaturated/α-hetero) is 1. The van der Waals surface area contributed by atoms with Gasteiger partial charge in [0.2, 0.25) is 0 Å². The average molecular weight is 387 g/mol. The van der Waals surface area contributed by atoms with Crippen LogP contribution in [0.4, 0.5) is 5.82 Å². The van der Waals surface area contributed by atoms with Gasteiger partial charge in [-0.25, -0.2) is 4.98 Å². The topological polar surface area (TPSA) is 71.4 Å². The molecule has 3 atom stereocenters. The van der Waals surface area contributed by atoms with Gasteiger partial charge in [0.25, 0.3) is 5.91 Å². The van der Waals surface area contributed by atoms with Gasteiger partial charge < -0.3 is 5.32 Å². The second-order valence-electron chi connectivity index (χ2n) is 8.12. The van der Waals surface area contributed by atoms with Crippen LogP contribution >= 0.6 is 0 Å². The average Bonchev–Trinajstić information content (AvgIpc) is 2.68. The van der Waals surface area contributed by atoms with Crippen molar-refractivity contribution in [2.24, 2.45) is 16.8 Å². The molecule has 0 bridgehead atoms. The van der Waals surface area contributed by atoms with Crippen molar-refractivity contribution < 1.29 is 9.59 Å². The first-order valence-electron chi connectivity index (χ1n) is 10.0. The van der Waals surface area contributed by atoms with Crippen molar-refractivity contribution in [3.63, 3.8) is 0 Å². The highest BCUT2D eigenvalue weighted by molar-refractivity contribution is 6.14. The Balaban J connectivity index is 1.80. The number of aryl methyl sites for hydroxylation is 1. The van der Waals surface area contributed by atoms with Crippen LogP contribution in [0.3, 0.4) is 0 Å². The minimum absolute atomic E-state index is 0.170. The zero-order valence-electron chi connectivity index (χ0n) is 17.0. The second-order valence-corrected chi connectivity index (χ2v) is 8.12. The maximum absolute atomic E-state index is 13.3. The molecule has 2 heterocycles. The molecule has 1 aromatic heterocycles. The predicted molar refractivity (Wildman–Crippen MR) is 114 cm³/mol. The van der Waals surface area contributed by atoms with Crippen LogP contribution < -0.4 is 5.32 Å². The highest BCUT2D eigenvalue weighted by atomic mass is 16.2. The van der Waals surface area contributed by atoms with Gasteiger partial charge in [0, 0.05) is 35.5 Å². The normalized spacial score (nSPS) is 24.0. The molecule has 5 nitrogen and oxygen atoms in total. The first-order chi connectivity index (χ1) is 13.9. The van der Waals surface area contributed by atoms with Crippen molar-refractivity contribution in [1.82, 2.24) is 4.98 Å². The maximum Gasteiger partial charge on any atom is 0.255 e. The molecule has 148 valence electrons. The number of benzene rings is 1. The molecule has 0 saturated heterocycles. The van der Waals surface area contributed by atoms with E-state index in [2.05, 4.69) is 17.2 Å². The summed E-state index contributed by atoms with van der Waals surface area (Å²) in [6.07, 6.45) is 2.96. The van der Waals surface area contributed by atoms with Crippen LogP contribution in [0.5, 0.6) is 0 Å². The molecule has 5 heteroatoms. The molecule has 2 aliphatic rings. The predicted octanol–water partition coefficient (Wildman–Crippen LogP) is 4.46. The lowest BCUT2D eigenvalue weighted by Crippen LogP contribution is -2.41. The van der Waals surface area contributed by atoms with Gasteiger partial charge in [0.1, 0.15) is 11.6 Å². The molecule has 1 aliphatic heterocycles. The summed E-state index contributed by atoms with van der Waals surface area (Å²) in [6.45, 7) is 5.97. The molecule has 4 rings (SSSR count). The van der Waals surface area contributed by atoms with E-state index < -0.39 is 0 Å². The van der Waals surface area contributed by atoms with E-state index in [4.69, 9.17) is 4.99 Å². The van der Waals surface area contributed by atoms with Crippen LogP contribution in [-0.2, 0) is 9.59 Å². The van der Waals surface area contributed by atoms with Gasteiger partial charge in [0.15, 0.2) is 0 Å². The van der Waals surface area contributed by atoms with E-state index in [-0.39, 0.29) is 29.4 Å². The Bertz CT molecular complexity index is 1010. The zero-order chi connectivity index (χ0) is 20.5. The quantitative estimate of drug-likeness (QED) is 0.845. The van der Waals surface area contributed by atoms with E-state index in [0.29, 0.717) is 23.5 Å². The highest BCUT2D eigenvalue weighted by Crippen LogP contribution is 2.44. The third kappa shape index (κ3) is 3.77. The first kappa shape index (κ1) is 19.2. The Kier molecular flexibility index (Phi) is 5.14. The number of allylic oxidation sites excluding steroid dienone is 1. The van der Waals surface area contributed by atoms with Gasteiger partial charge in [0.05, 0.1) is 5.92 Å². The zero-order valence-corrected chi connectivity index (χ0v) is 17.0. The van der Waals surface area contributed by atoms with Crippen LogP contribution in [0.25, 0.3) is 0 Å². The summed E-state index contributed by atoms with van der Waals surface area (Å²) in [5, 5.41) is 2.88. The third-order valence-corrected chi connectivity index (χ3v) is 5.75. The molecule has 1 aliphatic carbocycles. The van der Waals surface area contributed by atoms with Crippen LogP contribution in [0.1, 0.15) is 43.7 Å². The van der Waals surface area contributed by atoms with E-state index in [0.717, 1.165) is 23.3 Å². The number of rotatable bonds is 3. The number of pyridine rings is 1. The fraction of sp³-hybridized carbons (Fsp3) is 0.333. The van der Waals surface area contributed by atoms with Crippen molar-refractivity contribution in [3.8, 4) is 0 Å². The first-order valence-corrected chi connectivity index (χ1v) is 10.0. The molecule has 1 aromatic carbocycles. The summed E-state index contributed by atoms with van der Waals surface area (Å²) in [4.78, 5) is 35.3. The monoisotopic (exact) mass is 387 g/mol. The Morgan fingerprint density at radius 2 is 1.79 bits per heavy atom. The van der Waals surface area contributed by atoms with E-state index in [1.165, 1.54) is 0 Å². The minimum Gasteiger partial charge on any atom is -0.307 e. The van der Waals surface area contributed by atoms with Crippen molar-refractivity contribution in [1.29, 1.82) is 0 Å². The molecule has 1 amide bonds. The van der Waals surface area contributed by atoms with Crippen molar-refractivity contribution in [3.05, 3.63) is 71.1 Å². The summed E-state index contributed by atoms with van der Waals surface area (Å²) in [6, 6.07) is 13.5. The molecule has 29 heavy (non-hydrogen) atoms. The van der Waals surface area contributed by atoms with Gasteiger partial charge in [-0.05, 0) is 43.9 Å². The Hall–Kier alpha value is -3.08.